The minimum absolute atomic E-state index is 0.0515. The number of nitrogens with zero attached hydrogens (tertiary/aromatic N) is 2. The zero-order valence-electron chi connectivity index (χ0n) is 13.2. The van der Waals surface area contributed by atoms with Crippen LogP contribution >= 0.6 is 0 Å². The van der Waals surface area contributed by atoms with Crippen molar-refractivity contribution in [3.05, 3.63) is 71.8 Å². The smallest absolute Gasteiger partial charge is 0.264 e. The van der Waals surface area contributed by atoms with Gasteiger partial charge < -0.3 is 5.73 Å². The van der Waals surface area contributed by atoms with Crippen molar-refractivity contribution in [2.24, 2.45) is 10.7 Å². The summed E-state index contributed by atoms with van der Waals surface area (Å²) in [5.74, 6) is 0.629. The van der Waals surface area contributed by atoms with E-state index in [4.69, 9.17) is 10.7 Å². The fourth-order valence-electron chi connectivity index (χ4n) is 3.51. The molecule has 4 nitrogen and oxygen atoms in total. The number of amides is 1. The summed E-state index contributed by atoms with van der Waals surface area (Å²) in [5, 5.41) is 2.11. The predicted molar refractivity (Wildman–Crippen MR) is 96.4 cm³/mol. The number of carbonyl (C=O) groups excluding carboxylic acids is 1. The molecule has 1 amide bonds. The highest BCUT2D eigenvalue weighted by Crippen LogP contribution is 2.43. The normalized spacial score (nSPS) is 24.2. The molecule has 0 fully saturated rings. The maximum absolute atomic E-state index is 13.0. The van der Waals surface area contributed by atoms with Crippen molar-refractivity contribution in [1.82, 2.24) is 0 Å². The summed E-state index contributed by atoms with van der Waals surface area (Å²) in [5.41, 5.74) is 8.86. The van der Waals surface area contributed by atoms with Crippen LogP contribution in [-0.4, -0.2) is 17.3 Å². The third-order valence-corrected chi connectivity index (χ3v) is 4.72. The molecule has 0 bridgehead atoms. The van der Waals surface area contributed by atoms with Gasteiger partial charge in [-0.05, 0) is 24.4 Å². The second-order valence-electron chi connectivity index (χ2n) is 6.59. The molecule has 2 aromatic carbocycles. The molecule has 0 spiro atoms. The topological polar surface area (TPSA) is 58.7 Å². The maximum atomic E-state index is 13.0. The first-order chi connectivity index (χ1) is 11.6. The Morgan fingerprint density at radius 1 is 1.04 bits per heavy atom. The van der Waals surface area contributed by atoms with Crippen molar-refractivity contribution in [2.45, 2.75) is 12.5 Å². The number of fused-ring (bicyclic) bond motifs is 3. The molecule has 2 heterocycles. The first-order valence-electron chi connectivity index (χ1n) is 7.92. The number of anilines is 1. The fraction of sp³-hybridized carbons (Fsp3) is 0.100. The fourth-order valence-corrected chi connectivity index (χ4v) is 3.51. The molecular weight excluding hydrogens is 298 g/mol. The lowest BCUT2D eigenvalue weighted by Gasteiger charge is -2.25. The third-order valence-electron chi connectivity index (χ3n) is 4.72. The van der Waals surface area contributed by atoms with Gasteiger partial charge >= 0.3 is 0 Å². The summed E-state index contributed by atoms with van der Waals surface area (Å²) >= 11 is 0. The summed E-state index contributed by atoms with van der Waals surface area (Å²) in [6.45, 7) is 1.91. The van der Waals surface area contributed by atoms with Gasteiger partial charge in [-0.25, -0.2) is 4.99 Å². The first-order valence-corrected chi connectivity index (χ1v) is 7.92. The molecule has 2 aromatic rings. The van der Waals surface area contributed by atoms with Crippen LogP contribution in [0.25, 0.3) is 10.8 Å². The summed E-state index contributed by atoms with van der Waals surface area (Å²) in [6.07, 6.45) is 7.51. The molecule has 2 N–H and O–H groups in total. The van der Waals surface area contributed by atoms with E-state index in [9.17, 15) is 4.79 Å². The highest BCUT2D eigenvalue weighted by molar-refractivity contribution is 6.40. The van der Waals surface area contributed by atoms with Crippen molar-refractivity contribution in [1.29, 1.82) is 0 Å². The van der Waals surface area contributed by atoms with E-state index < -0.39 is 5.54 Å². The van der Waals surface area contributed by atoms with Crippen LogP contribution in [0.5, 0.6) is 0 Å². The van der Waals surface area contributed by atoms with Crippen molar-refractivity contribution >= 4 is 33.9 Å². The quantitative estimate of drug-likeness (QED) is 0.810. The van der Waals surface area contributed by atoms with Crippen molar-refractivity contribution in [3.8, 4) is 0 Å². The van der Waals surface area contributed by atoms with E-state index in [1.54, 1.807) is 4.90 Å². The summed E-state index contributed by atoms with van der Waals surface area (Å²) in [6, 6.07) is 12.0. The van der Waals surface area contributed by atoms with Crippen LogP contribution in [0.4, 0.5) is 11.4 Å². The Morgan fingerprint density at radius 2 is 1.75 bits per heavy atom. The Balaban J connectivity index is 1.80. The van der Waals surface area contributed by atoms with Gasteiger partial charge in [0.15, 0.2) is 0 Å². The Morgan fingerprint density at radius 3 is 2.54 bits per heavy atom. The molecule has 2 aliphatic heterocycles. The lowest BCUT2D eigenvalue weighted by Crippen LogP contribution is -2.34. The average molecular weight is 313 g/mol. The van der Waals surface area contributed by atoms with Gasteiger partial charge in [0, 0.05) is 11.0 Å². The van der Waals surface area contributed by atoms with Crippen LogP contribution in [0, 0.1) is 0 Å². The van der Waals surface area contributed by atoms with E-state index in [-0.39, 0.29) is 5.91 Å². The van der Waals surface area contributed by atoms with Crippen molar-refractivity contribution in [2.75, 3.05) is 4.90 Å². The molecular formula is C20H15N3O. The number of carbonyl (C=O) groups is 1. The van der Waals surface area contributed by atoms with Gasteiger partial charge in [-0.15, -0.1) is 0 Å². The molecule has 0 aromatic heterocycles. The summed E-state index contributed by atoms with van der Waals surface area (Å²) in [4.78, 5) is 19.6. The molecule has 0 saturated heterocycles. The Labute approximate surface area is 139 Å². The van der Waals surface area contributed by atoms with Crippen molar-refractivity contribution < 1.29 is 4.79 Å². The SMILES string of the molecule is CC1(N)C=CC2=C(C=C1)C1=Nc3cccc4cccc(c34)N1C2=O. The number of amidine groups is 1. The second-order valence-corrected chi connectivity index (χ2v) is 6.59. The average Bonchev–Trinajstić information content (AvgIpc) is 2.72. The summed E-state index contributed by atoms with van der Waals surface area (Å²) in [7, 11) is 0. The van der Waals surface area contributed by atoms with E-state index >= 15 is 0 Å². The predicted octanol–water partition coefficient (Wildman–Crippen LogP) is 3.37. The number of hydrogen-bond donors (Lipinski definition) is 1. The zero-order valence-corrected chi connectivity index (χ0v) is 13.2. The van der Waals surface area contributed by atoms with E-state index in [0.717, 1.165) is 27.7 Å². The van der Waals surface area contributed by atoms with Gasteiger partial charge in [0.05, 0.1) is 22.5 Å². The van der Waals surface area contributed by atoms with Gasteiger partial charge in [0.1, 0.15) is 5.84 Å². The number of rotatable bonds is 0. The summed E-state index contributed by atoms with van der Waals surface area (Å²) < 4.78 is 0. The number of nitrogens with two attached hydrogens (primary N) is 1. The van der Waals surface area contributed by atoms with Crippen LogP contribution in [0.2, 0.25) is 0 Å². The van der Waals surface area contributed by atoms with Crippen molar-refractivity contribution in [3.63, 3.8) is 0 Å². The van der Waals surface area contributed by atoms with Gasteiger partial charge in [-0.1, -0.05) is 48.6 Å². The number of aliphatic imine (C=N–C) groups is 1. The van der Waals surface area contributed by atoms with E-state index in [1.165, 1.54) is 0 Å². The van der Waals surface area contributed by atoms with Gasteiger partial charge in [0.25, 0.3) is 5.91 Å². The number of benzene rings is 2. The van der Waals surface area contributed by atoms with E-state index in [0.29, 0.717) is 11.4 Å². The Bertz CT molecular complexity index is 1050. The third kappa shape index (κ3) is 1.66. The van der Waals surface area contributed by atoms with Gasteiger partial charge in [-0.2, -0.15) is 0 Å². The van der Waals surface area contributed by atoms with Gasteiger partial charge in [0.2, 0.25) is 0 Å². The second kappa shape index (κ2) is 4.30. The van der Waals surface area contributed by atoms with Gasteiger partial charge in [-0.3, -0.25) is 9.69 Å². The highest BCUT2D eigenvalue weighted by atomic mass is 16.2. The Kier molecular flexibility index (Phi) is 2.41. The van der Waals surface area contributed by atoms with Crippen LogP contribution in [-0.2, 0) is 4.79 Å². The minimum Gasteiger partial charge on any atom is -0.319 e. The molecule has 0 radical (unpaired) electrons. The molecule has 1 aliphatic carbocycles. The molecule has 116 valence electrons. The molecule has 1 atom stereocenters. The molecule has 3 aliphatic rings. The molecule has 4 heteroatoms. The van der Waals surface area contributed by atoms with Crippen LogP contribution < -0.4 is 10.6 Å². The Hall–Kier alpha value is -2.98. The highest BCUT2D eigenvalue weighted by Gasteiger charge is 2.39. The molecule has 5 rings (SSSR count). The van der Waals surface area contributed by atoms with E-state index in [1.807, 2.05) is 67.6 Å². The molecule has 1 unspecified atom stereocenters. The number of hydrogen-bond acceptors (Lipinski definition) is 3. The standard InChI is InChI=1S/C20H15N3O/c1-20(21)10-8-13-14(9-11-20)19(24)23-16-7-3-5-12-4-2-6-15(17(12)16)22-18(13)23/h2-11H,21H2,1H3. The maximum Gasteiger partial charge on any atom is 0.264 e. The molecule has 24 heavy (non-hydrogen) atoms. The lowest BCUT2D eigenvalue weighted by atomic mass is 10.0. The largest absolute Gasteiger partial charge is 0.319 e. The minimum atomic E-state index is -0.567. The van der Waals surface area contributed by atoms with Crippen LogP contribution in [0.15, 0.2) is 76.8 Å². The monoisotopic (exact) mass is 313 g/mol. The van der Waals surface area contributed by atoms with Crippen LogP contribution in [0.3, 0.4) is 0 Å². The van der Waals surface area contributed by atoms with E-state index in [2.05, 4.69) is 0 Å². The zero-order chi connectivity index (χ0) is 16.5. The molecule has 0 saturated carbocycles. The van der Waals surface area contributed by atoms with Crippen LogP contribution in [0.1, 0.15) is 6.92 Å². The lowest BCUT2D eigenvalue weighted by molar-refractivity contribution is -0.113. The first kappa shape index (κ1) is 13.5.